The number of aromatic nitrogens is 1. The Hall–Kier alpha value is -2.83. The molecule has 2 heterocycles. The summed E-state index contributed by atoms with van der Waals surface area (Å²) >= 11 is 3.05. The number of fused-ring (bicyclic) bond motifs is 1. The minimum atomic E-state index is -0.0622. The van der Waals surface area contributed by atoms with Crippen LogP contribution in [0.5, 0.6) is 0 Å². The molecule has 0 unspecified atom stereocenters. The number of carbonyl (C=O) groups excluding carboxylic acids is 1. The number of nitrogens with zero attached hydrogens (tertiary/aromatic N) is 2. The van der Waals surface area contributed by atoms with Gasteiger partial charge in [-0.25, -0.2) is 0 Å². The van der Waals surface area contributed by atoms with Crippen molar-refractivity contribution in [3.8, 4) is 0 Å². The van der Waals surface area contributed by atoms with Crippen LogP contribution in [0.2, 0.25) is 0 Å². The predicted octanol–water partition coefficient (Wildman–Crippen LogP) is 3.55. The lowest BCUT2D eigenvalue weighted by Crippen LogP contribution is -2.34. The number of likely N-dealkylation sites (N-methyl/N-ethyl adjacent to an activating group) is 1. The van der Waals surface area contributed by atoms with Gasteiger partial charge in [0.05, 0.1) is 5.70 Å². The third kappa shape index (κ3) is 3.22. The maximum absolute atomic E-state index is 13.5. The Morgan fingerprint density at radius 2 is 2.03 bits per heavy atom. The van der Waals surface area contributed by atoms with Crippen LogP contribution in [0.1, 0.15) is 29.3 Å². The van der Waals surface area contributed by atoms with E-state index in [2.05, 4.69) is 36.6 Å². The summed E-state index contributed by atoms with van der Waals surface area (Å²) < 4.78 is 3.12. The zero-order chi connectivity index (χ0) is 21.7. The van der Waals surface area contributed by atoms with E-state index < -0.39 is 0 Å². The molecule has 1 aromatic heterocycles. The second-order valence-corrected chi connectivity index (χ2v) is 9.92. The first-order valence-electron chi connectivity index (χ1n) is 10.2. The Bertz CT molecular complexity index is 1420. The molecular weight excluding hydrogens is 424 g/mol. The number of allylic oxidation sites excluding steroid dienone is 5. The van der Waals surface area contributed by atoms with Crippen LogP contribution in [0.3, 0.4) is 0 Å². The third-order valence-corrected chi connectivity index (χ3v) is 8.35. The standard InChI is InChI=1S/C25H22N2O2S2/c1-4-12-27-23(29)22(25-26(3)19-11-7-8-15(2)13-20(19)30-25)31-24(27)18-14-16-9-5-6-10-17(16)21(18)28/h4-7,9-11,13H,1,8,12,14H2,2-3H3/b24-18-,25-22+. The highest BCUT2D eigenvalue weighted by Crippen LogP contribution is 2.43. The number of Topliss-reactive ketones (excluding diaryl/α,β-unsaturated/α-hetero) is 1. The van der Waals surface area contributed by atoms with Crippen LogP contribution >= 0.6 is 23.1 Å². The van der Waals surface area contributed by atoms with Crippen molar-refractivity contribution < 1.29 is 4.79 Å². The molecule has 0 spiro atoms. The number of thioether (sulfide) groups is 1. The van der Waals surface area contributed by atoms with Gasteiger partial charge in [0, 0.05) is 36.1 Å². The zero-order valence-electron chi connectivity index (χ0n) is 17.5. The molecule has 31 heavy (non-hydrogen) atoms. The summed E-state index contributed by atoms with van der Waals surface area (Å²) in [7, 11) is 2.00. The normalized spacial score (nSPS) is 21.3. The van der Waals surface area contributed by atoms with Gasteiger partial charge < -0.3 is 4.90 Å². The second-order valence-electron chi connectivity index (χ2n) is 7.90. The van der Waals surface area contributed by atoms with Gasteiger partial charge in [-0.1, -0.05) is 53.8 Å². The molecule has 5 rings (SSSR count). The van der Waals surface area contributed by atoms with E-state index >= 15 is 0 Å². The van der Waals surface area contributed by atoms with Crippen molar-refractivity contribution in [2.24, 2.45) is 0 Å². The van der Waals surface area contributed by atoms with Gasteiger partial charge in [-0.05, 0) is 31.1 Å². The summed E-state index contributed by atoms with van der Waals surface area (Å²) in [5.74, 6) is 0.0223. The molecule has 6 heteroatoms. The molecule has 1 aromatic carbocycles. The van der Waals surface area contributed by atoms with Crippen LogP contribution in [-0.2, 0) is 13.0 Å². The Labute approximate surface area is 188 Å². The summed E-state index contributed by atoms with van der Waals surface area (Å²) in [6, 6.07) is 7.69. The van der Waals surface area contributed by atoms with Crippen LogP contribution in [0.15, 0.2) is 76.1 Å². The van der Waals surface area contributed by atoms with E-state index in [1.807, 2.05) is 31.3 Å². The van der Waals surface area contributed by atoms with E-state index in [4.69, 9.17) is 0 Å². The molecule has 0 fully saturated rings. The lowest BCUT2D eigenvalue weighted by Gasteiger charge is -2.13. The van der Waals surface area contributed by atoms with Crippen LogP contribution in [0.25, 0.3) is 10.6 Å². The number of ketones is 1. The number of carbonyl (C=O) groups is 1. The minimum absolute atomic E-state index is 0.0223. The van der Waals surface area contributed by atoms with Gasteiger partial charge in [-0.15, -0.1) is 17.9 Å². The van der Waals surface area contributed by atoms with Crippen LogP contribution in [0, 0.1) is 0 Å². The molecule has 3 aliphatic rings. The van der Waals surface area contributed by atoms with Crippen LogP contribution in [-0.4, -0.2) is 22.3 Å². The number of hydrogen-bond donors (Lipinski definition) is 0. The monoisotopic (exact) mass is 446 g/mol. The van der Waals surface area contributed by atoms with Crippen molar-refractivity contribution in [2.75, 3.05) is 7.05 Å². The van der Waals surface area contributed by atoms with Crippen molar-refractivity contribution in [2.45, 2.75) is 26.3 Å². The molecule has 0 atom stereocenters. The number of benzene rings is 1. The van der Waals surface area contributed by atoms with Gasteiger partial charge in [-0.2, -0.15) is 0 Å². The van der Waals surface area contributed by atoms with E-state index in [1.54, 1.807) is 22.4 Å². The summed E-state index contributed by atoms with van der Waals surface area (Å²) in [5, 5.41) is 0.920. The van der Waals surface area contributed by atoms with Gasteiger partial charge in [-0.3, -0.25) is 14.2 Å². The highest BCUT2D eigenvalue weighted by Gasteiger charge is 2.29. The molecular formula is C25H22N2O2S2. The SMILES string of the molecule is C=CCn1c(=O)/c(=C2\SC3=C(C=CCC(C)=C3)N2C)s/c1=C1/Cc2ccccc2C1=O. The average molecular weight is 447 g/mol. The van der Waals surface area contributed by atoms with Gasteiger partial charge in [0.15, 0.2) is 5.78 Å². The first-order chi connectivity index (χ1) is 15.0. The summed E-state index contributed by atoms with van der Waals surface area (Å²) in [6.45, 7) is 6.33. The highest BCUT2D eigenvalue weighted by molar-refractivity contribution is 8.11. The number of hydrogen-bond acceptors (Lipinski definition) is 5. The molecule has 0 N–H and O–H groups in total. The van der Waals surface area contributed by atoms with Crippen LogP contribution in [0.4, 0.5) is 0 Å². The molecule has 2 aromatic rings. The molecule has 0 amide bonds. The molecule has 0 radical (unpaired) electrons. The molecule has 0 saturated heterocycles. The second kappa shape index (κ2) is 7.70. The number of rotatable bonds is 2. The topological polar surface area (TPSA) is 42.3 Å². The van der Waals surface area contributed by atoms with Crippen molar-refractivity contribution in [3.05, 3.63) is 102 Å². The van der Waals surface area contributed by atoms with Crippen molar-refractivity contribution >= 4 is 39.5 Å². The van der Waals surface area contributed by atoms with Gasteiger partial charge >= 0.3 is 0 Å². The fourth-order valence-corrected chi connectivity index (χ4v) is 6.82. The van der Waals surface area contributed by atoms with E-state index in [9.17, 15) is 9.59 Å². The van der Waals surface area contributed by atoms with E-state index in [-0.39, 0.29) is 11.3 Å². The average Bonchev–Trinajstić information content (AvgIpc) is 3.30. The van der Waals surface area contributed by atoms with Crippen LogP contribution < -0.4 is 14.8 Å². The van der Waals surface area contributed by atoms with Crippen molar-refractivity contribution in [1.82, 2.24) is 9.47 Å². The van der Waals surface area contributed by atoms with E-state index in [0.29, 0.717) is 23.1 Å². The molecule has 1 aliphatic heterocycles. The fraction of sp³-hybridized carbons (Fsp3) is 0.200. The molecule has 0 saturated carbocycles. The Morgan fingerprint density at radius 1 is 1.23 bits per heavy atom. The summed E-state index contributed by atoms with van der Waals surface area (Å²) in [5.41, 5.74) is 4.81. The minimum Gasteiger partial charge on any atom is -0.337 e. The zero-order valence-corrected chi connectivity index (χ0v) is 19.1. The lowest BCUT2D eigenvalue weighted by molar-refractivity contribution is 0.105. The third-order valence-electron chi connectivity index (χ3n) is 5.77. The molecule has 2 aliphatic carbocycles. The molecule has 4 nitrogen and oxygen atoms in total. The smallest absolute Gasteiger partial charge is 0.272 e. The maximum atomic E-state index is 13.5. The van der Waals surface area contributed by atoms with Crippen molar-refractivity contribution in [1.29, 1.82) is 0 Å². The van der Waals surface area contributed by atoms with Gasteiger partial charge in [0.25, 0.3) is 5.56 Å². The van der Waals surface area contributed by atoms with Crippen molar-refractivity contribution in [3.63, 3.8) is 0 Å². The predicted molar refractivity (Wildman–Crippen MR) is 129 cm³/mol. The Kier molecular flexibility index (Phi) is 4.99. The van der Waals surface area contributed by atoms with Gasteiger partial charge in [0.2, 0.25) is 0 Å². The van der Waals surface area contributed by atoms with E-state index in [0.717, 1.165) is 37.8 Å². The van der Waals surface area contributed by atoms with E-state index in [1.165, 1.54) is 16.9 Å². The lowest BCUT2D eigenvalue weighted by atomic mass is 10.1. The first-order valence-corrected chi connectivity index (χ1v) is 11.8. The molecule has 156 valence electrons. The maximum Gasteiger partial charge on any atom is 0.272 e. The highest BCUT2D eigenvalue weighted by atomic mass is 32.2. The Morgan fingerprint density at radius 3 is 2.81 bits per heavy atom. The fourth-order valence-electron chi connectivity index (χ4n) is 4.20. The Balaban J connectivity index is 1.74. The summed E-state index contributed by atoms with van der Waals surface area (Å²) in [6.07, 6.45) is 9.70. The quantitative estimate of drug-likeness (QED) is 0.662. The largest absolute Gasteiger partial charge is 0.337 e. The number of thiazole rings is 1. The van der Waals surface area contributed by atoms with Gasteiger partial charge in [0.1, 0.15) is 14.2 Å². The molecule has 0 bridgehead atoms. The first kappa shape index (κ1) is 20.1. The summed E-state index contributed by atoms with van der Waals surface area (Å²) in [4.78, 5) is 29.8.